The van der Waals surface area contributed by atoms with Crippen LogP contribution in [0.3, 0.4) is 0 Å². The summed E-state index contributed by atoms with van der Waals surface area (Å²) in [6, 6.07) is 7.16. The van der Waals surface area contributed by atoms with Gasteiger partial charge in [0.1, 0.15) is 0 Å². The smallest absolute Gasteiger partial charge is 0.0231 e. The number of hydrogen-bond acceptors (Lipinski definition) is 3. The van der Waals surface area contributed by atoms with Gasteiger partial charge >= 0.3 is 0 Å². The van der Waals surface area contributed by atoms with E-state index in [4.69, 9.17) is 0 Å². The van der Waals surface area contributed by atoms with E-state index in [2.05, 4.69) is 72.3 Å². The summed E-state index contributed by atoms with van der Waals surface area (Å²) in [4.78, 5) is 3.54. The highest BCUT2D eigenvalue weighted by Crippen LogP contribution is 2.25. The second-order valence-electron chi connectivity index (χ2n) is 4.94. The lowest BCUT2D eigenvalue weighted by atomic mass is 10.2. The molecular weight excluding hydrogens is 308 g/mol. The topological polar surface area (TPSA) is 15.3 Å². The van der Waals surface area contributed by atoms with Gasteiger partial charge in [-0.3, -0.25) is 0 Å². The zero-order chi connectivity index (χ0) is 13.5. The van der Waals surface area contributed by atoms with E-state index in [9.17, 15) is 0 Å². The molecular formula is C14H23BrN2S. The normalized spacial score (nSPS) is 11.5. The van der Waals surface area contributed by atoms with Gasteiger partial charge in [-0.25, -0.2) is 0 Å². The standard InChI is InChI=1S/C14H23BrN2S/c1-11(2)16-10-12-5-6-13(9-14(12)15)18-8-7-17(3)4/h5-6,9,11,16H,7-8,10H2,1-4H3. The molecule has 0 heterocycles. The minimum atomic E-state index is 0.519. The van der Waals surface area contributed by atoms with Gasteiger partial charge in [0.2, 0.25) is 0 Å². The number of thioether (sulfide) groups is 1. The average Bonchev–Trinajstić information content (AvgIpc) is 2.27. The van der Waals surface area contributed by atoms with Crippen LogP contribution in [0.15, 0.2) is 27.6 Å². The molecule has 102 valence electrons. The van der Waals surface area contributed by atoms with Crippen molar-refractivity contribution in [3.63, 3.8) is 0 Å². The number of hydrogen-bond donors (Lipinski definition) is 1. The number of benzene rings is 1. The molecule has 0 unspecified atom stereocenters. The van der Waals surface area contributed by atoms with E-state index in [1.54, 1.807) is 0 Å². The van der Waals surface area contributed by atoms with Gasteiger partial charge in [-0.05, 0) is 31.8 Å². The molecule has 0 atom stereocenters. The molecule has 0 radical (unpaired) electrons. The molecule has 0 aliphatic heterocycles. The van der Waals surface area contributed by atoms with E-state index < -0.39 is 0 Å². The van der Waals surface area contributed by atoms with Crippen LogP contribution in [-0.4, -0.2) is 37.3 Å². The Kier molecular flexibility index (Phi) is 7.30. The molecule has 0 aromatic heterocycles. The minimum Gasteiger partial charge on any atom is -0.310 e. The van der Waals surface area contributed by atoms with Crippen molar-refractivity contribution < 1.29 is 0 Å². The highest BCUT2D eigenvalue weighted by atomic mass is 79.9. The maximum absolute atomic E-state index is 3.65. The molecule has 0 bridgehead atoms. The third-order valence-corrected chi connectivity index (χ3v) is 4.24. The van der Waals surface area contributed by atoms with Gasteiger partial charge in [0, 0.05) is 34.3 Å². The Bertz CT molecular complexity index is 367. The first-order chi connectivity index (χ1) is 8.49. The predicted molar refractivity (Wildman–Crippen MR) is 85.4 cm³/mol. The van der Waals surface area contributed by atoms with Crippen LogP contribution < -0.4 is 5.32 Å². The van der Waals surface area contributed by atoms with E-state index in [1.807, 2.05) is 11.8 Å². The second-order valence-corrected chi connectivity index (χ2v) is 6.96. The summed E-state index contributed by atoms with van der Waals surface area (Å²) >= 11 is 5.56. The molecule has 0 amide bonds. The number of halogens is 1. The van der Waals surface area contributed by atoms with Gasteiger partial charge in [-0.2, -0.15) is 0 Å². The van der Waals surface area contributed by atoms with Gasteiger partial charge < -0.3 is 10.2 Å². The van der Waals surface area contributed by atoms with E-state index in [1.165, 1.54) is 14.9 Å². The van der Waals surface area contributed by atoms with Crippen LogP contribution in [-0.2, 0) is 6.54 Å². The highest BCUT2D eigenvalue weighted by molar-refractivity contribution is 9.10. The Labute approximate surface area is 124 Å². The van der Waals surface area contributed by atoms with Crippen LogP contribution in [0.2, 0.25) is 0 Å². The van der Waals surface area contributed by atoms with E-state index >= 15 is 0 Å². The van der Waals surface area contributed by atoms with E-state index in [0.29, 0.717) is 6.04 Å². The van der Waals surface area contributed by atoms with Crippen molar-refractivity contribution in [1.82, 2.24) is 10.2 Å². The third-order valence-electron chi connectivity index (χ3n) is 2.53. The molecule has 18 heavy (non-hydrogen) atoms. The minimum absolute atomic E-state index is 0.519. The number of nitrogens with one attached hydrogen (secondary N) is 1. The van der Waals surface area contributed by atoms with Crippen LogP contribution in [0, 0.1) is 0 Å². The van der Waals surface area contributed by atoms with Crippen molar-refractivity contribution in [2.45, 2.75) is 31.3 Å². The van der Waals surface area contributed by atoms with Crippen molar-refractivity contribution in [2.75, 3.05) is 26.4 Å². The summed E-state index contributed by atoms with van der Waals surface area (Å²) < 4.78 is 1.20. The molecule has 0 spiro atoms. The number of rotatable bonds is 7. The molecule has 1 aromatic rings. The second kappa shape index (κ2) is 8.20. The average molecular weight is 331 g/mol. The Morgan fingerprint density at radius 3 is 2.61 bits per heavy atom. The summed E-state index contributed by atoms with van der Waals surface area (Å²) in [7, 11) is 4.22. The van der Waals surface area contributed by atoms with Crippen LogP contribution in [0.5, 0.6) is 0 Å². The third kappa shape index (κ3) is 6.23. The molecule has 1 N–H and O–H groups in total. The molecule has 0 saturated heterocycles. The van der Waals surface area contributed by atoms with Crippen LogP contribution in [0.4, 0.5) is 0 Å². The summed E-state index contributed by atoms with van der Waals surface area (Å²) in [6.07, 6.45) is 0. The fourth-order valence-corrected chi connectivity index (χ4v) is 3.15. The highest BCUT2D eigenvalue weighted by Gasteiger charge is 2.03. The Hall–Kier alpha value is -0.0300. The van der Waals surface area contributed by atoms with Crippen LogP contribution in [0.1, 0.15) is 19.4 Å². The Morgan fingerprint density at radius 2 is 2.06 bits per heavy atom. The van der Waals surface area contributed by atoms with Gasteiger partial charge in [0.25, 0.3) is 0 Å². The van der Waals surface area contributed by atoms with Gasteiger partial charge in [-0.1, -0.05) is 35.8 Å². The predicted octanol–water partition coefficient (Wildman–Crippen LogP) is 3.60. The molecule has 0 aliphatic rings. The molecule has 2 nitrogen and oxygen atoms in total. The van der Waals surface area contributed by atoms with Crippen molar-refractivity contribution >= 4 is 27.7 Å². The van der Waals surface area contributed by atoms with E-state index in [0.717, 1.165) is 18.8 Å². The first-order valence-corrected chi connectivity index (χ1v) is 8.06. The summed E-state index contributed by atoms with van der Waals surface area (Å²) in [6.45, 7) is 6.36. The van der Waals surface area contributed by atoms with Gasteiger partial charge in [0.05, 0.1) is 0 Å². The quantitative estimate of drug-likeness (QED) is 0.769. The zero-order valence-corrected chi connectivity index (χ0v) is 14.1. The maximum Gasteiger partial charge on any atom is 0.0231 e. The largest absolute Gasteiger partial charge is 0.310 e. The molecule has 4 heteroatoms. The summed E-state index contributed by atoms with van der Waals surface area (Å²) in [5.74, 6) is 1.13. The summed E-state index contributed by atoms with van der Waals surface area (Å²) in [5, 5.41) is 3.44. The lowest BCUT2D eigenvalue weighted by Crippen LogP contribution is -2.21. The SMILES string of the molecule is CC(C)NCc1ccc(SCCN(C)C)cc1Br. The van der Waals surface area contributed by atoms with Crippen molar-refractivity contribution in [1.29, 1.82) is 0 Å². The lowest BCUT2D eigenvalue weighted by Gasteiger charge is -2.12. The number of nitrogens with zero attached hydrogens (tertiary/aromatic N) is 1. The molecule has 1 aromatic carbocycles. The van der Waals surface area contributed by atoms with Crippen LogP contribution >= 0.6 is 27.7 Å². The Morgan fingerprint density at radius 1 is 1.33 bits per heavy atom. The maximum atomic E-state index is 3.65. The molecule has 0 saturated carbocycles. The molecule has 0 aliphatic carbocycles. The monoisotopic (exact) mass is 330 g/mol. The fourth-order valence-electron chi connectivity index (χ4n) is 1.42. The lowest BCUT2D eigenvalue weighted by molar-refractivity contribution is 0.437. The Balaban J connectivity index is 2.51. The molecule has 0 fully saturated rings. The van der Waals surface area contributed by atoms with Gasteiger partial charge in [0.15, 0.2) is 0 Å². The first-order valence-electron chi connectivity index (χ1n) is 6.28. The van der Waals surface area contributed by atoms with Crippen molar-refractivity contribution in [3.8, 4) is 0 Å². The van der Waals surface area contributed by atoms with Gasteiger partial charge in [-0.15, -0.1) is 11.8 Å². The first kappa shape index (κ1) is 16.0. The summed E-state index contributed by atoms with van der Waals surface area (Å²) in [5.41, 5.74) is 1.32. The zero-order valence-electron chi connectivity index (χ0n) is 11.7. The molecule has 1 rings (SSSR count). The van der Waals surface area contributed by atoms with Crippen molar-refractivity contribution in [3.05, 3.63) is 28.2 Å². The van der Waals surface area contributed by atoms with E-state index in [-0.39, 0.29) is 0 Å². The fraction of sp³-hybridized carbons (Fsp3) is 0.571. The van der Waals surface area contributed by atoms with Crippen molar-refractivity contribution in [2.24, 2.45) is 0 Å². The van der Waals surface area contributed by atoms with Crippen LogP contribution in [0.25, 0.3) is 0 Å².